The molecule has 0 saturated carbocycles. The molecular formula is C23H12Cl2N4O7. The van der Waals surface area contributed by atoms with Gasteiger partial charge in [0.1, 0.15) is 17.4 Å². The van der Waals surface area contributed by atoms with Crippen LogP contribution in [-0.4, -0.2) is 21.7 Å². The number of amides is 1. The van der Waals surface area contributed by atoms with Crippen LogP contribution in [0.1, 0.15) is 15.9 Å². The molecule has 0 aliphatic heterocycles. The van der Waals surface area contributed by atoms with Crippen LogP contribution < -0.4 is 10.1 Å². The van der Waals surface area contributed by atoms with Crippen molar-refractivity contribution in [3.63, 3.8) is 0 Å². The van der Waals surface area contributed by atoms with Crippen LogP contribution in [-0.2, 0) is 4.79 Å². The van der Waals surface area contributed by atoms with Crippen molar-refractivity contribution >= 4 is 58.2 Å². The Bertz CT molecular complexity index is 1440. The fourth-order valence-corrected chi connectivity index (χ4v) is 3.40. The first-order chi connectivity index (χ1) is 17.1. The summed E-state index contributed by atoms with van der Waals surface area (Å²) in [6, 6.07) is 14.5. The van der Waals surface area contributed by atoms with Crippen LogP contribution >= 0.6 is 23.2 Å². The van der Waals surface area contributed by atoms with E-state index in [2.05, 4.69) is 5.32 Å². The number of nitrogens with one attached hydrogen (secondary N) is 1. The quantitative estimate of drug-likeness (QED) is 0.104. The largest absolute Gasteiger partial charge is 0.423 e. The van der Waals surface area contributed by atoms with Crippen molar-refractivity contribution in [3.8, 4) is 11.8 Å². The zero-order chi connectivity index (χ0) is 26.4. The van der Waals surface area contributed by atoms with Crippen LogP contribution in [0.25, 0.3) is 6.08 Å². The molecule has 180 valence electrons. The van der Waals surface area contributed by atoms with Gasteiger partial charge in [0.25, 0.3) is 17.3 Å². The second-order valence-corrected chi connectivity index (χ2v) is 7.75. The maximum atomic E-state index is 12.5. The molecule has 0 fully saturated rings. The summed E-state index contributed by atoms with van der Waals surface area (Å²) in [5.74, 6) is -1.55. The van der Waals surface area contributed by atoms with Crippen molar-refractivity contribution in [2.24, 2.45) is 0 Å². The molecule has 1 amide bonds. The van der Waals surface area contributed by atoms with Gasteiger partial charge in [0.15, 0.2) is 0 Å². The summed E-state index contributed by atoms with van der Waals surface area (Å²) in [7, 11) is 0. The van der Waals surface area contributed by atoms with Crippen LogP contribution in [0, 0.1) is 31.6 Å². The van der Waals surface area contributed by atoms with Gasteiger partial charge in [-0.2, -0.15) is 5.26 Å². The van der Waals surface area contributed by atoms with E-state index in [-0.39, 0.29) is 44.0 Å². The third kappa shape index (κ3) is 6.20. The number of nitriles is 1. The number of nitrogens with zero attached hydrogens (tertiary/aromatic N) is 3. The highest BCUT2D eigenvalue weighted by Crippen LogP contribution is 2.35. The molecule has 11 nitrogen and oxygen atoms in total. The molecule has 3 aromatic rings. The Labute approximate surface area is 212 Å². The maximum Gasteiger partial charge on any atom is 0.343 e. The van der Waals surface area contributed by atoms with E-state index >= 15 is 0 Å². The highest BCUT2D eigenvalue weighted by atomic mass is 35.5. The van der Waals surface area contributed by atoms with E-state index in [9.17, 15) is 35.1 Å². The number of ether oxygens (including phenoxy) is 1. The molecule has 3 aromatic carbocycles. The summed E-state index contributed by atoms with van der Waals surface area (Å²) in [5, 5.41) is 33.1. The van der Waals surface area contributed by atoms with E-state index in [1.54, 1.807) is 6.07 Å². The normalized spacial score (nSPS) is 10.8. The van der Waals surface area contributed by atoms with Crippen molar-refractivity contribution < 1.29 is 24.2 Å². The zero-order valence-electron chi connectivity index (χ0n) is 17.8. The van der Waals surface area contributed by atoms with Gasteiger partial charge in [-0.05, 0) is 29.8 Å². The summed E-state index contributed by atoms with van der Waals surface area (Å²) >= 11 is 12.0. The number of hydrogen-bond acceptors (Lipinski definition) is 8. The third-order valence-corrected chi connectivity index (χ3v) is 5.13. The molecule has 0 aliphatic rings. The van der Waals surface area contributed by atoms with Gasteiger partial charge in [0.2, 0.25) is 0 Å². The Morgan fingerprint density at radius 1 is 0.944 bits per heavy atom. The number of halogens is 2. The number of carbonyl (C=O) groups is 2. The van der Waals surface area contributed by atoms with Crippen molar-refractivity contribution in [1.29, 1.82) is 5.26 Å². The van der Waals surface area contributed by atoms with Gasteiger partial charge in [-0.25, -0.2) is 4.79 Å². The van der Waals surface area contributed by atoms with E-state index in [4.69, 9.17) is 27.9 Å². The van der Waals surface area contributed by atoms with Crippen LogP contribution in [0.3, 0.4) is 0 Å². The first kappa shape index (κ1) is 25.8. The second-order valence-electron chi connectivity index (χ2n) is 6.93. The third-order valence-electron chi connectivity index (χ3n) is 4.54. The molecule has 0 aromatic heterocycles. The number of benzene rings is 3. The van der Waals surface area contributed by atoms with E-state index in [1.807, 2.05) is 0 Å². The lowest BCUT2D eigenvalue weighted by atomic mass is 10.1. The number of hydrogen-bond donors (Lipinski definition) is 1. The summed E-state index contributed by atoms with van der Waals surface area (Å²) in [4.78, 5) is 45.2. The van der Waals surface area contributed by atoms with Crippen LogP contribution in [0.2, 0.25) is 10.0 Å². The lowest BCUT2D eigenvalue weighted by Crippen LogP contribution is -2.14. The Balaban J connectivity index is 1.74. The molecule has 1 N–H and O–H groups in total. The van der Waals surface area contributed by atoms with E-state index in [0.717, 1.165) is 18.2 Å². The topological polar surface area (TPSA) is 165 Å². The van der Waals surface area contributed by atoms with Gasteiger partial charge < -0.3 is 10.1 Å². The number of nitro groups is 2. The molecule has 0 atom stereocenters. The molecule has 0 unspecified atom stereocenters. The van der Waals surface area contributed by atoms with Crippen molar-refractivity contribution in [2.75, 3.05) is 5.32 Å². The molecule has 0 bridgehead atoms. The fourth-order valence-electron chi connectivity index (χ4n) is 2.83. The predicted molar refractivity (Wildman–Crippen MR) is 130 cm³/mol. The first-order valence-corrected chi connectivity index (χ1v) is 10.5. The predicted octanol–water partition coefficient (Wildman–Crippen LogP) is 5.57. The van der Waals surface area contributed by atoms with Gasteiger partial charge in [0.05, 0.1) is 31.1 Å². The molecule has 3 rings (SSSR count). The summed E-state index contributed by atoms with van der Waals surface area (Å²) in [6.07, 6.45) is 1.24. The Morgan fingerprint density at radius 2 is 1.56 bits per heavy atom. The van der Waals surface area contributed by atoms with Gasteiger partial charge >= 0.3 is 5.97 Å². The van der Waals surface area contributed by atoms with Gasteiger partial charge in [-0.15, -0.1) is 0 Å². The highest BCUT2D eigenvalue weighted by molar-refractivity contribution is 6.40. The lowest BCUT2D eigenvalue weighted by Gasteiger charge is -2.09. The minimum absolute atomic E-state index is 0.0137. The number of rotatable bonds is 7. The lowest BCUT2D eigenvalue weighted by molar-refractivity contribution is -0.385. The molecular weight excluding hydrogens is 515 g/mol. The smallest absolute Gasteiger partial charge is 0.343 e. The van der Waals surface area contributed by atoms with E-state index in [0.29, 0.717) is 5.56 Å². The average Bonchev–Trinajstić information content (AvgIpc) is 2.85. The summed E-state index contributed by atoms with van der Waals surface area (Å²) in [5.41, 5.74) is -0.674. The number of non-ortho nitro benzene ring substituents is 2. The Morgan fingerprint density at radius 3 is 2.11 bits per heavy atom. The van der Waals surface area contributed by atoms with Gasteiger partial charge in [-0.1, -0.05) is 41.4 Å². The van der Waals surface area contributed by atoms with E-state index < -0.39 is 21.7 Å². The molecule has 13 heteroatoms. The first-order valence-electron chi connectivity index (χ1n) is 9.72. The Hall–Kier alpha value is -4.79. The van der Waals surface area contributed by atoms with Gasteiger partial charge in [-0.3, -0.25) is 25.0 Å². The molecule has 0 aliphatic carbocycles. The SMILES string of the molecule is N#C/C(=C\c1ccc(OC(=O)c2cccc([N+](=O)[O-])c2)cc1)C(=O)Nc1c(Cl)cc([N+](=O)[O-])cc1Cl. The second kappa shape index (κ2) is 11.1. The molecule has 0 radical (unpaired) electrons. The maximum absolute atomic E-state index is 12.5. The molecule has 0 spiro atoms. The summed E-state index contributed by atoms with van der Waals surface area (Å²) < 4.78 is 5.20. The molecule has 0 heterocycles. The van der Waals surface area contributed by atoms with Crippen molar-refractivity contribution in [3.05, 3.63) is 108 Å². The molecule has 36 heavy (non-hydrogen) atoms. The standard InChI is InChI=1S/C23H12Cl2N4O7/c24-19-10-17(29(34)35)11-20(25)21(19)27-22(30)15(12-26)8-13-4-6-18(7-5-13)36-23(31)14-2-1-3-16(9-14)28(32)33/h1-11H,(H,27,30)/b15-8+. The number of carbonyl (C=O) groups excluding carboxylic acids is 2. The van der Waals surface area contributed by atoms with Crippen LogP contribution in [0.15, 0.2) is 66.2 Å². The van der Waals surface area contributed by atoms with Crippen LogP contribution in [0.4, 0.5) is 17.1 Å². The minimum atomic E-state index is -0.865. The number of nitro benzene ring substituents is 2. The zero-order valence-corrected chi connectivity index (χ0v) is 19.3. The average molecular weight is 527 g/mol. The fraction of sp³-hybridized carbons (Fsp3) is 0. The molecule has 0 saturated heterocycles. The summed E-state index contributed by atoms with van der Waals surface area (Å²) in [6.45, 7) is 0. The van der Waals surface area contributed by atoms with Crippen LogP contribution in [0.5, 0.6) is 5.75 Å². The van der Waals surface area contributed by atoms with Crippen molar-refractivity contribution in [1.82, 2.24) is 0 Å². The monoisotopic (exact) mass is 526 g/mol. The number of anilines is 1. The van der Waals surface area contributed by atoms with E-state index in [1.165, 1.54) is 48.5 Å². The van der Waals surface area contributed by atoms with Gasteiger partial charge in [0, 0.05) is 24.3 Å². The Kier molecular flexibility index (Phi) is 7.96. The highest BCUT2D eigenvalue weighted by Gasteiger charge is 2.19. The number of esters is 1. The van der Waals surface area contributed by atoms with Crippen molar-refractivity contribution in [2.45, 2.75) is 0 Å². The minimum Gasteiger partial charge on any atom is -0.423 e.